The van der Waals surface area contributed by atoms with E-state index in [1.807, 2.05) is 0 Å². The molecule has 0 radical (unpaired) electrons. The first-order valence-corrected chi connectivity index (χ1v) is 24.8. The Balaban J connectivity index is 4.36. The van der Waals surface area contributed by atoms with Crippen LogP contribution in [0, 0.1) is 0 Å². The van der Waals surface area contributed by atoms with Crippen LogP contribution in [0.5, 0.6) is 0 Å². The molecule has 57 heavy (non-hydrogen) atoms. The molecule has 0 rings (SSSR count). The molecule has 0 fully saturated rings. The number of carbonyl (C=O) groups excluding carboxylic acids is 3. The van der Waals surface area contributed by atoms with Gasteiger partial charge in [0.15, 0.2) is 6.10 Å². The van der Waals surface area contributed by atoms with Gasteiger partial charge in [-0.15, -0.1) is 0 Å². The van der Waals surface area contributed by atoms with Crippen LogP contribution in [0.25, 0.3) is 0 Å². The zero-order valence-electron chi connectivity index (χ0n) is 38.1. The van der Waals surface area contributed by atoms with Crippen LogP contribution in [0.15, 0.2) is 24.3 Å². The largest absolute Gasteiger partial charge is 0.462 e. The molecule has 0 aromatic carbocycles. The normalized spacial score (nSPS) is 12.1. The van der Waals surface area contributed by atoms with Crippen LogP contribution in [0.4, 0.5) is 0 Å². The summed E-state index contributed by atoms with van der Waals surface area (Å²) in [5.41, 5.74) is 0. The van der Waals surface area contributed by atoms with Gasteiger partial charge < -0.3 is 14.2 Å². The van der Waals surface area contributed by atoms with Gasteiger partial charge in [0.2, 0.25) is 0 Å². The van der Waals surface area contributed by atoms with Crippen molar-refractivity contribution >= 4 is 17.9 Å². The Morgan fingerprint density at radius 3 is 1.02 bits per heavy atom. The molecule has 1 atom stereocenters. The van der Waals surface area contributed by atoms with Gasteiger partial charge in [0.25, 0.3) is 0 Å². The number of rotatable bonds is 45. The third kappa shape index (κ3) is 44.8. The van der Waals surface area contributed by atoms with E-state index in [0.717, 1.165) is 77.0 Å². The summed E-state index contributed by atoms with van der Waals surface area (Å²) >= 11 is 0. The average Bonchev–Trinajstić information content (AvgIpc) is 3.21. The molecular formula is C51H94O6. The van der Waals surface area contributed by atoms with Crippen LogP contribution >= 0.6 is 0 Å². The summed E-state index contributed by atoms with van der Waals surface area (Å²) in [5.74, 6) is -0.875. The number of unbranched alkanes of at least 4 members (excludes halogenated alkanes) is 30. The monoisotopic (exact) mass is 803 g/mol. The first-order chi connectivity index (χ1) is 28.0. The quantitative estimate of drug-likeness (QED) is 0.0264. The average molecular weight is 803 g/mol. The Morgan fingerprint density at radius 2 is 0.649 bits per heavy atom. The van der Waals surface area contributed by atoms with Gasteiger partial charge in [0.05, 0.1) is 0 Å². The minimum atomic E-state index is -0.769. The number of esters is 3. The maximum Gasteiger partial charge on any atom is 0.306 e. The molecule has 0 bridgehead atoms. The second-order valence-electron chi connectivity index (χ2n) is 16.7. The zero-order valence-corrected chi connectivity index (χ0v) is 38.1. The molecule has 0 aliphatic heterocycles. The molecular weight excluding hydrogens is 709 g/mol. The van der Waals surface area contributed by atoms with Crippen molar-refractivity contribution in [3.63, 3.8) is 0 Å². The molecule has 0 saturated carbocycles. The highest BCUT2D eigenvalue weighted by Gasteiger charge is 2.19. The molecule has 0 saturated heterocycles. The molecule has 0 aromatic rings. The summed E-state index contributed by atoms with van der Waals surface area (Å²) in [4.78, 5) is 37.8. The lowest BCUT2D eigenvalue weighted by molar-refractivity contribution is -0.167. The van der Waals surface area contributed by atoms with Crippen LogP contribution in [-0.4, -0.2) is 37.2 Å². The summed E-state index contributed by atoms with van der Waals surface area (Å²) in [6.07, 6.45) is 51.5. The maximum absolute atomic E-state index is 12.8. The fourth-order valence-electron chi connectivity index (χ4n) is 7.17. The fourth-order valence-corrected chi connectivity index (χ4v) is 7.17. The van der Waals surface area contributed by atoms with Gasteiger partial charge >= 0.3 is 17.9 Å². The highest BCUT2D eigenvalue weighted by Crippen LogP contribution is 2.16. The van der Waals surface area contributed by atoms with Crippen molar-refractivity contribution in [1.29, 1.82) is 0 Å². The fraction of sp³-hybridized carbons (Fsp3) is 0.863. The van der Waals surface area contributed by atoms with E-state index in [1.54, 1.807) is 0 Å². The lowest BCUT2D eigenvalue weighted by Gasteiger charge is -2.18. The second kappa shape index (κ2) is 46.6. The molecule has 0 aliphatic carbocycles. The summed E-state index contributed by atoms with van der Waals surface area (Å²) in [6, 6.07) is 0. The van der Waals surface area contributed by atoms with Crippen molar-refractivity contribution in [2.24, 2.45) is 0 Å². The van der Waals surface area contributed by atoms with Crippen LogP contribution in [0.2, 0.25) is 0 Å². The van der Waals surface area contributed by atoms with Crippen molar-refractivity contribution in [3.8, 4) is 0 Å². The van der Waals surface area contributed by atoms with E-state index < -0.39 is 6.10 Å². The first-order valence-electron chi connectivity index (χ1n) is 24.8. The Kier molecular flexibility index (Phi) is 44.9. The van der Waals surface area contributed by atoms with Gasteiger partial charge in [-0.05, 0) is 44.9 Å². The second-order valence-corrected chi connectivity index (χ2v) is 16.7. The van der Waals surface area contributed by atoms with Crippen molar-refractivity contribution in [3.05, 3.63) is 24.3 Å². The number of hydrogen-bond donors (Lipinski definition) is 0. The third-order valence-corrected chi connectivity index (χ3v) is 11.0. The summed E-state index contributed by atoms with van der Waals surface area (Å²) in [5, 5.41) is 0. The predicted octanol–water partition coefficient (Wildman–Crippen LogP) is 16.0. The maximum atomic E-state index is 12.8. The SMILES string of the molecule is CCCC/C=C\C/C=C\CCCCCCCC(=O)OCC(COC(=O)CCCCCCCCCCCCC)OC(=O)CCCCCCCCCCCCCCCC. The minimum Gasteiger partial charge on any atom is -0.462 e. The predicted molar refractivity (Wildman–Crippen MR) is 243 cm³/mol. The first kappa shape index (κ1) is 54.9. The molecule has 6 heteroatoms. The van der Waals surface area contributed by atoms with Gasteiger partial charge in [-0.1, -0.05) is 225 Å². The standard InChI is InChI=1S/C51H94O6/c1-4-7-10-13-16-19-22-24-26-29-32-35-38-41-44-50(53)56-47-48(46-55-49(52)43-40-37-34-31-28-21-18-15-12-9-6-3)57-51(54)45-42-39-36-33-30-27-25-23-20-17-14-11-8-5-2/h13,16,22,24,48H,4-12,14-15,17-21,23,25-47H2,1-3H3/b16-13-,24-22-. The van der Waals surface area contributed by atoms with E-state index in [4.69, 9.17) is 14.2 Å². The van der Waals surface area contributed by atoms with Crippen molar-refractivity contribution in [2.75, 3.05) is 13.2 Å². The van der Waals surface area contributed by atoms with E-state index in [1.165, 1.54) is 148 Å². The van der Waals surface area contributed by atoms with E-state index >= 15 is 0 Å². The van der Waals surface area contributed by atoms with Crippen LogP contribution in [-0.2, 0) is 28.6 Å². The van der Waals surface area contributed by atoms with E-state index in [-0.39, 0.29) is 31.1 Å². The third-order valence-electron chi connectivity index (χ3n) is 11.0. The minimum absolute atomic E-state index is 0.0712. The Morgan fingerprint density at radius 1 is 0.351 bits per heavy atom. The zero-order chi connectivity index (χ0) is 41.5. The molecule has 334 valence electrons. The van der Waals surface area contributed by atoms with Crippen molar-refractivity contribution in [1.82, 2.24) is 0 Å². The molecule has 0 aromatic heterocycles. The number of allylic oxidation sites excluding steroid dienone is 4. The topological polar surface area (TPSA) is 78.9 Å². The Hall–Kier alpha value is -2.11. The van der Waals surface area contributed by atoms with Crippen LogP contribution in [0.3, 0.4) is 0 Å². The van der Waals surface area contributed by atoms with Gasteiger partial charge in [-0.25, -0.2) is 0 Å². The van der Waals surface area contributed by atoms with Gasteiger partial charge in [-0.3, -0.25) is 14.4 Å². The summed E-state index contributed by atoms with van der Waals surface area (Å²) < 4.78 is 16.8. The number of hydrogen-bond acceptors (Lipinski definition) is 6. The Labute approximate surface area is 353 Å². The highest BCUT2D eigenvalue weighted by molar-refractivity contribution is 5.71. The van der Waals surface area contributed by atoms with Gasteiger partial charge in [0, 0.05) is 19.3 Å². The van der Waals surface area contributed by atoms with Gasteiger partial charge in [0.1, 0.15) is 13.2 Å². The molecule has 0 spiro atoms. The molecule has 0 heterocycles. The number of ether oxygens (including phenoxy) is 3. The van der Waals surface area contributed by atoms with E-state index in [9.17, 15) is 14.4 Å². The molecule has 0 amide bonds. The van der Waals surface area contributed by atoms with E-state index in [2.05, 4.69) is 45.1 Å². The van der Waals surface area contributed by atoms with Crippen LogP contribution < -0.4 is 0 Å². The lowest BCUT2D eigenvalue weighted by Crippen LogP contribution is -2.30. The lowest BCUT2D eigenvalue weighted by atomic mass is 10.0. The molecule has 6 nitrogen and oxygen atoms in total. The molecule has 0 aliphatic rings. The molecule has 1 unspecified atom stereocenters. The van der Waals surface area contributed by atoms with Gasteiger partial charge in [-0.2, -0.15) is 0 Å². The highest BCUT2D eigenvalue weighted by atomic mass is 16.6. The molecule has 0 N–H and O–H groups in total. The van der Waals surface area contributed by atoms with Crippen molar-refractivity contribution in [2.45, 2.75) is 271 Å². The van der Waals surface area contributed by atoms with E-state index in [0.29, 0.717) is 19.3 Å². The summed E-state index contributed by atoms with van der Waals surface area (Å²) in [6.45, 7) is 6.60. The Bertz CT molecular complexity index is 927. The smallest absolute Gasteiger partial charge is 0.306 e. The van der Waals surface area contributed by atoms with Crippen molar-refractivity contribution < 1.29 is 28.6 Å². The van der Waals surface area contributed by atoms with Crippen LogP contribution in [0.1, 0.15) is 265 Å². The summed E-state index contributed by atoms with van der Waals surface area (Å²) in [7, 11) is 0. The number of carbonyl (C=O) groups is 3.